The number of para-hydroxylation sites is 2. The summed E-state index contributed by atoms with van der Waals surface area (Å²) in [6, 6.07) is 76.4. The zero-order chi connectivity index (χ0) is 45.9. The van der Waals surface area contributed by atoms with Crippen LogP contribution in [0.5, 0.6) is 0 Å². The number of benzene rings is 9. The van der Waals surface area contributed by atoms with Gasteiger partial charge >= 0.3 is 0 Å². The lowest BCUT2D eigenvalue weighted by atomic mass is 9.85. The molecule has 0 unspecified atom stereocenters. The summed E-state index contributed by atoms with van der Waals surface area (Å²) in [5.74, 6) is 0. The molecule has 0 saturated carbocycles. The highest BCUT2D eigenvalue weighted by Gasteiger charge is 2.56. The van der Waals surface area contributed by atoms with Gasteiger partial charge in [0, 0.05) is 33.7 Å². The molecule has 0 spiro atoms. The van der Waals surface area contributed by atoms with Gasteiger partial charge < -0.3 is 9.80 Å². The van der Waals surface area contributed by atoms with Gasteiger partial charge in [0.05, 0.1) is 15.5 Å². The summed E-state index contributed by atoms with van der Waals surface area (Å²) in [5.41, 5.74) is 20.6. The number of allylic oxidation sites excluding steroid dienone is 1. The number of fused-ring (bicyclic) bond motifs is 7. The molecule has 2 nitrogen and oxygen atoms in total. The Morgan fingerprint density at radius 2 is 0.776 bits per heavy atom. The van der Waals surface area contributed by atoms with Gasteiger partial charge in [0.2, 0.25) is 0 Å². The number of rotatable bonds is 10. The molecule has 4 heteroatoms. The maximum atomic E-state index is 2.66. The van der Waals surface area contributed by atoms with Gasteiger partial charge in [0.25, 0.3) is 0 Å². The van der Waals surface area contributed by atoms with Crippen molar-refractivity contribution in [2.45, 2.75) is 16.9 Å². The Labute approximate surface area is 400 Å². The molecular weight excluding hydrogens is 849 g/mol. The Kier molecular flexibility index (Phi) is 10.8. The highest BCUT2D eigenvalue weighted by molar-refractivity contribution is 8.48. The lowest BCUT2D eigenvalue weighted by Gasteiger charge is -2.59. The van der Waals surface area contributed by atoms with Crippen LogP contribution in [0.15, 0.2) is 212 Å². The van der Waals surface area contributed by atoms with Gasteiger partial charge in [-0.3, -0.25) is 0 Å². The van der Waals surface area contributed by atoms with E-state index in [-0.39, 0.29) is 4.08 Å². The van der Waals surface area contributed by atoms with E-state index >= 15 is 0 Å². The van der Waals surface area contributed by atoms with E-state index in [1.807, 2.05) is 0 Å². The third kappa shape index (κ3) is 7.12. The van der Waals surface area contributed by atoms with Gasteiger partial charge in [-0.15, -0.1) is 0 Å². The molecule has 0 N–H and O–H groups in total. The third-order valence-corrected chi connectivity index (χ3v) is 21.3. The maximum Gasteiger partial charge on any atom is 0.0813 e. The lowest BCUT2D eigenvalue weighted by molar-refractivity contribution is 0.979. The summed E-state index contributed by atoms with van der Waals surface area (Å²) >= 11 is 0. The smallest absolute Gasteiger partial charge is 0.0813 e. The molecule has 332 valence electrons. The fraction of sp³-hybridized carbons (Fsp3) is 0.143. The van der Waals surface area contributed by atoms with Gasteiger partial charge in [-0.1, -0.05) is 158 Å². The standard InChI is InChI=1S/C63H58N2S2/c1-66(2,3)63(67(4,5)6)57-43-59(64(49-27-15-9-16-28-49)51-39-35-47(36-40-51)45-23-11-7-12-24-45)53-31-19-21-33-55(53)61(57)62-56-34-22-20-32-54(56)60(44-58(62)63)65(50-29-17-10-18-30-50)52-41-37-48(38-42-52)46-25-13-8-14-26-46/h7-21,23-33,35-44H,22,34H2,1-6H3. The van der Waals surface area contributed by atoms with Crippen LogP contribution in [-0.4, -0.2) is 37.5 Å². The molecule has 2 aliphatic rings. The summed E-state index contributed by atoms with van der Waals surface area (Å²) in [4.78, 5) is 5.05. The second-order valence-corrected chi connectivity index (χ2v) is 28.3. The molecular formula is C63H58N2S2. The molecule has 0 aromatic heterocycles. The SMILES string of the molecule is CS(C)(C)C1(S(C)(C)C)c2cc(N(c3ccccc3)c3ccc(-c4ccccc4)cc3)c3c(c2-c2c1cc(N(c1ccccc1)c1ccc(-c4ccccc4)cc1)c1ccccc21)CCC=C3. The average Bonchev–Trinajstić information content (AvgIpc) is 3.68. The van der Waals surface area contributed by atoms with Crippen molar-refractivity contribution in [1.29, 1.82) is 0 Å². The number of nitrogens with zero attached hydrogens (tertiary/aromatic N) is 2. The average molecular weight is 907 g/mol. The summed E-state index contributed by atoms with van der Waals surface area (Å²) in [6.45, 7) is 0. The van der Waals surface area contributed by atoms with Gasteiger partial charge in [0.15, 0.2) is 0 Å². The van der Waals surface area contributed by atoms with Crippen molar-refractivity contribution in [3.8, 4) is 33.4 Å². The molecule has 0 atom stereocenters. The minimum Gasteiger partial charge on any atom is -0.310 e. The molecule has 9 aromatic carbocycles. The fourth-order valence-electron chi connectivity index (χ4n) is 11.5. The predicted octanol–water partition coefficient (Wildman–Crippen LogP) is 17.6. The van der Waals surface area contributed by atoms with Crippen LogP contribution in [-0.2, 0) is 10.5 Å². The number of anilines is 6. The van der Waals surface area contributed by atoms with Crippen LogP contribution in [0.3, 0.4) is 0 Å². The molecule has 0 fully saturated rings. The van der Waals surface area contributed by atoms with Crippen molar-refractivity contribution >= 4 is 71.0 Å². The first-order valence-electron chi connectivity index (χ1n) is 23.4. The minimum atomic E-state index is -1.38. The van der Waals surface area contributed by atoms with Crippen LogP contribution in [0.1, 0.15) is 28.7 Å². The third-order valence-electron chi connectivity index (χ3n) is 14.0. The van der Waals surface area contributed by atoms with Crippen molar-refractivity contribution < 1.29 is 0 Å². The Morgan fingerprint density at radius 1 is 0.388 bits per heavy atom. The Balaban J connectivity index is 1.20. The van der Waals surface area contributed by atoms with Crippen molar-refractivity contribution in [2.24, 2.45) is 0 Å². The summed E-state index contributed by atoms with van der Waals surface area (Å²) < 4.78 is -0.243. The second-order valence-electron chi connectivity index (χ2n) is 19.5. The Hall–Kier alpha value is -6.72. The van der Waals surface area contributed by atoms with Crippen LogP contribution >= 0.6 is 20.1 Å². The molecule has 0 bridgehead atoms. The second kappa shape index (κ2) is 16.9. The van der Waals surface area contributed by atoms with Gasteiger partial charge in [-0.05, 0) is 166 Å². The molecule has 0 aliphatic heterocycles. The first kappa shape index (κ1) is 42.9. The van der Waals surface area contributed by atoms with Crippen molar-refractivity contribution in [1.82, 2.24) is 0 Å². The fourth-order valence-corrected chi connectivity index (χ4v) is 20.8. The first-order chi connectivity index (χ1) is 32.5. The molecule has 67 heavy (non-hydrogen) atoms. The first-order valence-corrected chi connectivity index (χ1v) is 29.1. The largest absolute Gasteiger partial charge is 0.310 e. The molecule has 2 aliphatic carbocycles. The molecule has 11 rings (SSSR count). The minimum absolute atomic E-state index is 0.243. The lowest BCUT2D eigenvalue weighted by Crippen LogP contribution is -2.36. The molecule has 0 saturated heterocycles. The predicted molar refractivity (Wildman–Crippen MR) is 298 cm³/mol. The van der Waals surface area contributed by atoms with Gasteiger partial charge in [-0.2, -0.15) is 0 Å². The summed E-state index contributed by atoms with van der Waals surface area (Å²) in [6.07, 6.45) is 22.4. The number of hydrogen-bond acceptors (Lipinski definition) is 2. The molecule has 0 amide bonds. The molecule has 0 radical (unpaired) electrons. The van der Waals surface area contributed by atoms with Crippen LogP contribution in [0.25, 0.3) is 50.2 Å². The highest BCUT2D eigenvalue weighted by atomic mass is 32.3. The van der Waals surface area contributed by atoms with Crippen LogP contribution in [0.4, 0.5) is 34.1 Å². The van der Waals surface area contributed by atoms with Crippen LogP contribution in [0, 0.1) is 0 Å². The molecule has 0 heterocycles. The Morgan fingerprint density at radius 3 is 1.27 bits per heavy atom. The number of hydrogen-bond donors (Lipinski definition) is 0. The van der Waals surface area contributed by atoms with E-state index in [4.69, 9.17) is 0 Å². The zero-order valence-corrected chi connectivity index (χ0v) is 41.0. The van der Waals surface area contributed by atoms with Crippen molar-refractivity contribution in [2.75, 3.05) is 47.3 Å². The topological polar surface area (TPSA) is 6.48 Å². The van der Waals surface area contributed by atoms with Crippen molar-refractivity contribution in [3.63, 3.8) is 0 Å². The summed E-state index contributed by atoms with van der Waals surface area (Å²) in [7, 11) is -2.76. The Bertz CT molecular complexity index is 3260. The van der Waals surface area contributed by atoms with E-state index < -0.39 is 20.1 Å². The van der Waals surface area contributed by atoms with E-state index in [2.05, 4.69) is 266 Å². The maximum absolute atomic E-state index is 2.66. The van der Waals surface area contributed by atoms with E-state index in [0.29, 0.717) is 0 Å². The van der Waals surface area contributed by atoms with Crippen LogP contribution < -0.4 is 9.80 Å². The van der Waals surface area contributed by atoms with Gasteiger partial charge in [-0.25, -0.2) is 20.1 Å². The quantitative estimate of drug-likeness (QED) is 0.135. The monoisotopic (exact) mass is 906 g/mol. The normalized spacial score (nSPS) is 14.2. The van der Waals surface area contributed by atoms with Gasteiger partial charge in [0.1, 0.15) is 0 Å². The van der Waals surface area contributed by atoms with E-state index in [0.717, 1.165) is 35.6 Å². The highest BCUT2D eigenvalue weighted by Crippen LogP contribution is 2.81. The van der Waals surface area contributed by atoms with E-state index in [1.54, 1.807) is 0 Å². The van der Waals surface area contributed by atoms with E-state index in [1.165, 1.54) is 77.8 Å². The summed E-state index contributed by atoms with van der Waals surface area (Å²) in [5, 5.41) is 2.59. The zero-order valence-electron chi connectivity index (χ0n) is 39.4. The van der Waals surface area contributed by atoms with Crippen LogP contribution in [0.2, 0.25) is 0 Å². The van der Waals surface area contributed by atoms with E-state index in [9.17, 15) is 0 Å². The van der Waals surface area contributed by atoms with Crippen molar-refractivity contribution in [3.05, 3.63) is 235 Å². The molecule has 9 aromatic rings.